The number of hydrogen-bond acceptors (Lipinski definition) is 0. The van der Waals surface area contributed by atoms with Crippen LogP contribution in [0.25, 0.3) is 0 Å². The molecule has 0 fully saturated rings. The maximum absolute atomic E-state index is 5.96. The Morgan fingerprint density at radius 2 is 1.67 bits per heavy atom. The molecule has 9 heavy (non-hydrogen) atoms. The van der Waals surface area contributed by atoms with E-state index >= 15 is 0 Å². The van der Waals surface area contributed by atoms with Crippen LogP contribution in [0.2, 0.25) is 0 Å². The van der Waals surface area contributed by atoms with Gasteiger partial charge in [-0.25, -0.2) is 12.1 Å². The molecule has 1 heteroatoms. The fourth-order valence-corrected chi connectivity index (χ4v) is 0.321. The fourth-order valence-electron chi connectivity index (χ4n) is 0.321. The molecule has 0 aliphatic heterocycles. The molecule has 0 saturated carbocycles. The molecular weight excluding hydrogens is 105 g/mol. The van der Waals surface area contributed by atoms with Crippen molar-refractivity contribution in [3.63, 3.8) is 0 Å². The van der Waals surface area contributed by atoms with E-state index in [0.717, 1.165) is 0 Å². The van der Waals surface area contributed by atoms with Gasteiger partial charge in [0, 0.05) is 0 Å². The first-order valence-electron chi connectivity index (χ1n) is 2.42. The molecule has 1 rings (SSSR count). The van der Waals surface area contributed by atoms with Gasteiger partial charge in [-0.1, -0.05) is 0 Å². The maximum Gasteiger partial charge on any atom is 2.00 e. The van der Waals surface area contributed by atoms with Crippen LogP contribution < -0.4 is 0 Å². The monoisotopic (exact) mass is 113 g/mol. The van der Waals surface area contributed by atoms with E-state index in [4.69, 9.17) is 6.42 Å². The maximum atomic E-state index is 5.96. The van der Waals surface area contributed by atoms with Crippen LogP contribution in [0.3, 0.4) is 0 Å². The number of rotatable bonds is 0. The fraction of sp³-hybridized carbons (Fsp3) is 0.125. The summed E-state index contributed by atoms with van der Waals surface area (Å²) in [5.41, 5.74) is 0. The van der Waals surface area contributed by atoms with E-state index in [-0.39, 0.29) is 10.1 Å². The van der Waals surface area contributed by atoms with Crippen molar-refractivity contribution in [2.75, 3.05) is 0 Å². The summed E-state index contributed by atoms with van der Waals surface area (Å²) in [5.74, 6) is 2.00. The third-order valence-electron chi connectivity index (χ3n) is 0.556. The molecule has 0 aromatic heterocycles. The summed E-state index contributed by atoms with van der Waals surface area (Å²) in [6.07, 6.45) is 5.96. The van der Waals surface area contributed by atoms with Gasteiger partial charge in [0.25, 0.3) is 0 Å². The van der Waals surface area contributed by atoms with Gasteiger partial charge in [0.05, 0.1) is 0 Å². The van der Waals surface area contributed by atoms with Crippen LogP contribution in [0.15, 0.2) is 30.3 Å². The van der Waals surface area contributed by atoms with Crippen molar-refractivity contribution in [3.05, 3.63) is 36.8 Å². The standard InChI is InChI=1S/C5H5.C3H3.Be/c1-2-4-5-3-1;1-3-2;/h1-5H;1H3;/q2*-1;+2. The van der Waals surface area contributed by atoms with E-state index in [1.54, 1.807) is 6.92 Å². The Morgan fingerprint density at radius 3 is 1.78 bits per heavy atom. The van der Waals surface area contributed by atoms with E-state index in [1.807, 2.05) is 36.3 Å². The summed E-state index contributed by atoms with van der Waals surface area (Å²) in [7, 11) is 0. The largest absolute Gasteiger partial charge is 2.00 e. The average molecular weight is 113 g/mol. The van der Waals surface area contributed by atoms with Crippen LogP contribution in [0.1, 0.15) is 6.92 Å². The summed E-state index contributed by atoms with van der Waals surface area (Å²) >= 11 is 0. The third-order valence-corrected chi connectivity index (χ3v) is 0.556. The predicted octanol–water partition coefficient (Wildman–Crippen LogP) is 1.62. The van der Waals surface area contributed by atoms with Crippen molar-refractivity contribution in [3.8, 4) is 5.92 Å². The molecule has 0 amide bonds. The SMILES string of the molecule is [Be+2].[C-]#CC.c1cc[cH-]c1. The molecule has 0 N–H and O–H groups in total. The molecule has 0 radical (unpaired) electrons. The summed E-state index contributed by atoms with van der Waals surface area (Å²) in [6.45, 7) is 1.54. The zero-order chi connectivity index (χ0) is 6.24. The third kappa shape index (κ3) is 11.0. The van der Waals surface area contributed by atoms with E-state index in [2.05, 4.69) is 0 Å². The van der Waals surface area contributed by atoms with Crippen molar-refractivity contribution in [1.29, 1.82) is 0 Å². The van der Waals surface area contributed by atoms with E-state index in [9.17, 15) is 0 Å². The minimum absolute atomic E-state index is 0. The van der Waals surface area contributed by atoms with Gasteiger partial charge >= 0.3 is 10.1 Å². The Bertz CT molecular complexity index is 117. The molecule has 0 saturated heterocycles. The van der Waals surface area contributed by atoms with Crippen LogP contribution >= 0.6 is 0 Å². The molecule has 0 atom stereocenters. The Labute approximate surface area is 60.5 Å². The molecule has 42 valence electrons. The normalized spacial score (nSPS) is 5.33. The summed E-state index contributed by atoms with van der Waals surface area (Å²) in [5, 5.41) is 0. The van der Waals surface area contributed by atoms with E-state index in [0.29, 0.717) is 0 Å². The quantitative estimate of drug-likeness (QED) is 0.272. The molecule has 0 spiro atoms. The topological polar surface area (TPSA) is 0 Å². The van der Waals surface area contributed by atoms with Crippen molar-refractivity contribution in [1.82, 2.24) is 0 Å². The summed E-state index contributed by atoms with van der Waals surface area (Å²) in [4.78, 5) is 0. The first-order chi connectivity index (χ1) is 3.91. The molecular formula is C8H8Be. The second-order valence-corrected chi connectivity index (χ2v) is 1.21. The Morgan fingerprint density at radius 1 is 1.33 bits per heavy atom. The second-order valence-electron chi connectivity index (χ2n) is 1.21. The van der Waals surface area contributed by atoms with Crippen LogP contribution in [0, 0.1) is 12.3 Å². The number of hydrogen-bond donors (Lipinski definition) is 0. The first kappa shape index (κ1) is 11.0. The van der Waals surface area contributed by atoms with Crippen molar-refractivity contribution in [2.45, 2.75) is 6.92 Å². The van der Waals surface area contributed by atoms with Crippen LogP contribution in [0.4, 0.5) is 0 Å². The summed E-state index contributed by atoms with van der Waals surface area (Å²) in [6, 6.07) is 10.0. The van der Waals surface area contributed by atoms with E-state index < -0.39 is 0 Å². The summed E-state index contributed by atoms with van der Waals surface area (Å²) < 4.78 is 0. The zero-order valence-corrected chi connectivity index (χ0v) is 5.59. The van der Waals surface area contributed by atoms with Gasteiger partial charge < -0.3 is 12.3 Å². The Balaban J connectivity index is 0. The zero-order valence-electron chi connectivity index (χ0n) is 5.59. The predicted molar refractivity (Wildman–Crippen MR) is 40.6 cm³/mol. The van der Waals surface area contributed by atoms with Gasteiger partial charge in [-0.05, 0) is 6.92 Å². The molecule has 0 bridgehead atoms. The molecule has 0 aliphatic rings. The molecule has 0 aliphatic carbocycles. The van der Waals surface area contributed by atoms with Crippen LogP contribution in [0.5, 0.6) is 0 Å². The van der Waals surface area contributed by atoms with Crippen molar-refractivity contribution >= 4 is 10.1 Å². The molecule has 0 heterocycles. The van der Waals surface area contributed by atoms with Crippen LogP contribution in [-0.4, -0.2) is 10.1 Å². The van der Waals surface area contributed by atoms with Gasteiger partial charge in [-0.15, -0.1) is 0 Å². The van der Waals surface area contributed by atoms with E-state index in [1.165, 1.54) is 0 Å². The Hall–Kier alpha value is -0.921. The van der Waals surface area contributed by atoms with Gasteiger partial charge in [0.15, 0.2) is 0 Å². The molecule has 1 aromatic carbocycles. The van der Waals surface area contributed by atoms with Crippen LogP contribution in [-0.2, 0) is 0 Å². The molecule has 1 aromatic rings. The van der Waals surface area contributed by atoms with Gasteiger partial charge in [-0.2, -0.15) is 18.2 Å². The minimum atomic E-state index is 0. The minimum Gasteiger partial charge on any atom is -0.694 e. The second kappa shape index (κ2) is 10.1. The van der Waals surface area contributed by atoms with Gasteiger partial charge in [0.2, 0.25) is 0 Å². The van der Waals surface area contributed by atoms with Gasteiger partial charge in [-0.3, -0.25) is 0 Å². The van der Waals surface area contributed by atoms with Crippen molar-refractivity contribution < 1.29 is 0 Å². The molecule has 0 unspecified atom stereocenters. The van der Waals surface area contributed by atoms with Gasteiger partial charge in [0.1, 0.15) is 0 Å². The molecule has 0 nitrogen and oxygen atoms in total. The average Bonchev–Trinajstić information content (AvgIpc) is 2.17. The smallest absolute Gasteiger partial charge is 0.694 e. The first-order valence-corrected chi connectivity index (χ1v) is 2.42. The van der Waals surface area contributed by atoms with Crippen molar-refractivity contribution in [2.24, 2.45) is 0 Å². The Kier molecular flexibility index (Phi) is 12.3.